The van der Waals surface area contributed by atoms with Crippen molar-refractivity contribution in [3.63, 3.8) is 0 Å². The molecule has 1 amide bonds. The molecule has 2 aliphatic rings. The van der Waals surface area contributed by atoms with Crippen LogP contribution in [0.1, 0.15) is 43.0 Å². The van der Waals surface area contributed by atoms with Crippen LogP contribution in [0.4, 0.5) is 5.69 Å². The molecule has 0 N–H and O–H groups in total. The molecule has 0 saturated carbocycles. The van der Waals surface area contributed by atoms with E-state index >= 15 is 0 Å². The van der Waals surface area contributed by atoms with Crippen LogP contribution in [0.15, 0.2) is 53.4 Å². The van der Waals surface area contributed by atoms with Gasteiger partial charge in [0.1, 0.15) is 5.75 Å². The summed E-state index contributed by atoms with van der Waals surface area (Å²) in [6.45, 7) is 8.44. The summed E-state index contributed by atoms with van der Waals surface area (Å²) in [5.74, 6) is 0.831. The fraction of sp³-hybridized carbons (Fsp3) is 0.519. The molecule has 190 valence electrons. The van der Waals surface area contributed by atoms with Crippen LogP contribution < -0.4 is 9.64 Å². The highest BCUT2D eigenvalue weighted by atomic mass is 32.2. The quantitative estimate of drug-likeness (QED) is 0.516. The number of benzene rings is 2. The molecule has 4 rings (SSSR count). The number of carbonyl (C=O) groups is 1. The molecule has 0 aromatic heterocycles. The third kappa shape index (κ3) is 6.76. The summed E-state index contributed by atoms with van der Waals surface area (Å²) in [5, 5.41) is 0. The normalized spacial score (nSPS) is 19.5. The molecule has 2 aliphatic heterocycles. The number of hydrogen-bond acceptors (Lipinski definition) is 6. The van der Waals surface area contributed by atoms with Crippen LogP contribution in [-0.2, 0) is 9.84 Å². The first-order valence-electron chi connectivity index (χ1n) is 12.6. The number of amides is 1. The Hall–Kier alpha value is -2.58. The molecule has 0 spiro atoms. The Balaban J connectivity index is 1.26. The fourth-order valence-corrected chi connectivity index (χ4v) is 5.55. The van der Waals surface area contributed by atoms with E-state index in [0.717, 1.165) is 44.1 Å². The Morgan fingerprint density at radius 1 is 0.943 bits per heavy atom. The number of nitrogens with zero attached hydrogens (tertiary/aromatic N) is 3. The maximum Gasteiger partial charge on any atom is 0.254 e. The lowest BCUT2D eigenvalue weighted by molar-refractivity contribution is 0.0674. The molecule has 0 aliphatic carbocycles. The van der Waals surface area contributed by atoms with Crippen molar-refractivity contribution in [2.75, 3.05) is 57.0 Å². The van der Waals surface area contributed by atoms with Crippen LogP contribution in [0, 0.1) is 0 Å². The highest BCUT2D eigenvalue weighted by Gasteiger charge is 2.28. The minimum Gasteiger partial charge on any atom is -0.494 e. The number of piperidine rings is 1. The van der Waals surface area contributed by atoms with E-state index in [1.807, 2.05) is 17.0 Å². The largest absolute Gasteiger partial charge is 0.494 e. The van der Waals surface area contributed by atoms with Gasteiger partial charge in [-0.05, 0) is 87.8 Å². The van der Waals surface area contributed by atoms with Gasteiger partial charge >= 0.3 is 0 Å². The molecular formula is C27H37N3O4S. The molecule has 2 heterocycles. The molecular weight excluding hydrogens is 462 g/mol. The summed E-state index contributed by atoms with van der Waals surface area (Å²) in [4.78, 5) is 19.9. The number of anilines is 1. The number of hydrogen-bond donors (Lipinski definition) is 0. The number of carbonyl (C=O) groups excluding carboxylic acids is 1. The first-order valence-corrected chi connectivity index (χ1v) is 14.5. The maximum absolute atomic E-state index is 13.0. The lowest BCUT2D eigenvalue weighted by atomic mass is 10.1. The molecule has 2 aromatic rings. The fourth-order valence-electron chi connectivity index (χ4n) is 4.92. The smallest absolute Gasteiger partial charge is 0.254 e. The zero-order chi connectivity index (χ0) is 24.8. The Morgan fingerprint density at radius 2 is 1.63 bits per heavy atom. The van der Waals surface area contributed by atoms with Crippen molar-refractivity contribution in [3.05, 3.63) is 54.1 Å². The monoisotopic (exact) mass is 499 g/mol. The van der Waals surface area contributed by atoms with Gasteiger partial charge in [-0.25, -0.2) is 8.42 Å². The van der Waals surface area contributed by atoms with E-state index < -0.39 is 9.84 Å². The number of sulfone groups is 1. The summed E-state index contributed by atoms with van der Waals surface area (Å²) in [7, 11) is -3.28. The second-order valence-corrected chi connectivity index (χ2v) is 11.7. The highest BCUT2D eigenvalue weighted by molar-refractivity contribution is 7.90. The van der Waals surface area contributed by atoms with Crippen molar-refractivity contribution in [2.24, 2.45) is 0 Å². The molecule has 8 heteroatoms. The Bertz CT molecular complexity index is 1080. The van der Waals surface area contributed by atoms with Gasteiger partial charge in [0.2, 0.25) is 0 Å². The van der Waals surface area contributed by atoms with Gasteiger partial charge in [-0.15, -0.1) is 0 Å². The highest BCUT2D eigenvalue weighted by Crippen LogP contribution is 2.24. The molecule has 0 bridgehead atoms. The summed E-state index contributed by atoms with van der Waals surface area (Å²) >= 11 is 0. The lowest BCUT2D eigenvalue weighted by Crippen LogP contribution is -2.54. The van der Waals surface area contributed by atoms with Gasteiger partial charge in [0.05, 0.1) is 11.5 Å². The van der Waals surface area contributed by atoms with Gasteiger partial charge in [0.25, 0.3) is 5.91 Å². The zero-order valence-corrected chi connectivity index (χ0v) is 21.7. The van der Waals surface area contributed by atoms with Crippen LogP contribution in [-0.4, -0.2) is 82.3 Å². The van der Waals surface area contributed by atoms with Crippen LogP contribution in [0.5, 0.6) is 5.75 Å². The van der Waals surface area contributed by atoms with E-state index in [1.54, 1.807) is 12.1 Å². The first-order chi connectivity index (χ1) is 16.8. The maximum atomic E-state index is 13.0. The van der Waals surface area contributed by atoms with E-state index in [2.05, 4.69) is 28.9 Å². The molecule has 35 heavy (non-hydrogen) atoms. The molecule has 2 fully saturated rings. The van der Waals surface area contributed by atoms with Crippen molar-refractivity contribution in [1.29, 1.82) is 0 Å². The Kier molecular flexibility index (Phi) is 8.34. The van der Waals surface area contributed by atoms with Gasteiger partial charge in [-0.1, -0.05) is 6.42 Å². The first kappa shape index (κ1) is 25.5. The van der Waals surface area contributed by atoms with Crippen molar-refractivity contribution < 1.29 is 17.9 Å². The van der Waals surface area contributed by atoms with Crippen LogP contribution >= 0.6 is 0 Å². The Morgan fingerprint density at radius 3 is 2.26 bits per heavy atom. The van der Waals surface area contributed by atoms with Crippen molar-refractivity contribution in [2.45, 2.75) is 43.5 Å². The average Bonchev–Trinajstić information content (AvgIpc) is 2.87. The van der Waals surface area contributed by atoms with Crippen molar-refractivity contribution in [3.8, 4) is 5.75 Å². The SMILES string of the molecule is C[C@H]1CN(c2ccc(OCCCN3CCCCC3)cc2)CCN1C(=O)c1ccc(S(C)(=O)=O)cc1. The average molecular weight is 500 g/mol. The van der Waals surface area contributed by atoms with E-state index in [0.29, 0.717) is 12.1 Å². The predicted molar refractivity (Wildman–Crippen MR) is 139 cm³/mol. The lowest BCUT2D eigenvalue weighted by Gasteiger charge is -2.41. The molecule has 1 atom stereocenters. The topological polar surface area (TPSA) is 70.2 Å². The molecule has 7 nitrogen and oxygen atoms in total. The van der Waals surface area contributed by atoms with Crippen molar-refractivity contribution >= 4 is 21.4 Å². The van der Waals surface area contributed by atoms with Crippen LogP contribution in [0.25, 0.3) is 0 Å². The zero-order valence-electron chi connectivity index (χ0n) is 20.9. The summed E-state index contributed by atoms with van der Waals surface area (Å²) < 4.78 is 29.3. The third-order valence-electron chi connectivity index (χ3n) is 6.96. The molecule has 0 radical (unpaired) electrons. The number of piperazine rings is 1. The van der Waals surface area contributed by atoms with Crippen molar-refractivity contribution in [1.82, 2.24) is 9.80 Å². The predicted octanol–water partition coefficient (Wildman–Crippen LogP) is 3.70. The van der Waals surface area contributed by atoms with Gasteiger partial charge in [-0.3, -0.25) is 4.79 Å². The number of likely N-dealkylation sites (tertiary alicyclic amines) is 1. The van der Waals surface area contributed by atoms with Gasteiger partial charge in [-0.2, -0.15) is 0 Å². The summed E-state index contributed by atoms with van der Waals surface area (Å²) in [6.07, 6.45) is 6.22. The third-order valence-corrected chi connectivity index (χ3v) is 8.08. The van der Waals surface area contributed by atoms with Gasteiger partial charge in [0, 0.05) is 49.7 Å². The second-order valence-electron chi connectivity index (χ2n) is 9.69. The minimum atomic E-state index is -3.28. The second kappa shape index (κ2) is 11.4. The van der Waals surface area contributed by atoms with Crippen LogP contribution in [0.3, 0.4) is 0 Å². The number of ether oxygens (including phenoxy) is 1. The number of rotatable bonds is 8. The Labute approximate surface area is 209 Å². The molecule has 0 unspecified atom stereocenters. The van der Waals surface area contributed by atoms with E-state index in [9.17, 15) is 13.2 Å². The van der Waals surface area contributed by atoms with Crippen LogP contribution in [0.2, 0.25) is 0 Å². The van der Waals surface area contributed by atoms with E-state index in [4.69, 9.17) is 4.74 Å². The standard InChI is InChI=1S/C27H37N3O4S/c1-22-21-29(18-19-30(22)27(31)23-7-13-26(14-8-23)35(2,32)33)24-9-11-25(12-10-24)34-20-6-17-28-15-4-3-5-16-28/h7-14,22H,3-6,15-21H2,1-2H3/t22-/m0/s1. The van der Waals surface area contributed by atoms with Gasteiger partial charge in [0.15, 0.2) is 9.84 Å². The van der Waals surface area contributed by atoms with E-state index in [-0.39, 0.29) is 16.8 Å². The van der Waals surface area contributed by atoms with E-state index in [1.165, 1.54) is 50.7 Å². The summed E-state index contributed by atoms with van der Waals surface area (Å²) in [5.41, 5.74) is 1.64. The molecule has 2 aromatic carbocycles. The summed E-state index contributed by atoms with van der Waals surface area (Å²) in [6, 6.07) is 14.5. The molecule has 2 saturated heterocycles. The van der Waals surface area contributed by atoms with Gasteiger partial charge < -0.3 is 19.4 Å². The minimum absolute atomic E-state index is 0.0385.